The molecule has 0 heterocycles. The van der Waals surface area contributed by atoms with E-state index >= 15 is 0 Å². The van der Waals surface area contributed by atoms with Gasteiger partial charge in [-0.1, -0.05) is 6.07 Å². The van der Waals surface area contributed by atoms with Gasteiger partial charge >= 0.3 is 11.9 Å². The highest BCUT2D eigenvalue weighted by Crippen LogP contribution is 2.25. The van der Waals surface area contributed by atoms with Crippen LogP contribution in [-0.2, 0) is 16.1 Å². The molecule has 17 heavy (non-hydrogen) atoms. The third-order valence-corrected chi connectivity index (χ3v) is 2.79. The molecule has 0 radical (unpaired) electrons. The van der Waals surface area contributed by atoms with Gasteiger partial charge in [-0.05, 0) is 33.6 Å². The maximum atomic E-state index is 11.1. The first-order valence-electron chi connectivity index (χ1n) is 4.76. The number of halogens is 1. The standard InChI is InChI=1S/C11H12BrNO4/c1-13(10(14)11(15)16)6-7-3-4-9(17-2)8(12)5-7/h3-5H,6H2,1-2H3,(H,15,16). The lowest BCUT2D eigenvalue weighted by Gasteiger charge is -2.15. The van der Waals surface area contributed by atoms with E-state index in [-0.39, 0.29) is 6.54 Å². The molecule has 0 saturated heterocycles. The number of carbonyl (C=O) groups excluding carboxylic acids is 1. The number of likely N-dealkylation sites (N-methyl/N-ethyl adjacent to an activating group) is 1. The second kappa shape index (κ2) is 5.67. The molecule has 0 aliphatic heterocycles. The molecule has 1 aromatic carbocycles. The van der Waals surface area contributed by atoms with Crippen molar-refractivity contribution in [2.24, 2.45) is 0 Å². The van der Waals surface area contributed by atoms with Crippen LogP contribution in [-0.4, -0.2) is 36.0 Å². The number of carboxylic acid groups (broad SMARTS) is 1. The second-order valence-corrected chi connectivity index (χ2v) is 4.29. The highest BCUT2D eigenvalue weighted by Gasteiger charge is 2.17. The van der Waals surface area contributed by atoms with Crippen LogP contribution in [0.4, 0.5) is 0 Å². The Bertz CT molecular complexity index is 447. The van der Waals surface area contributed by atoms with Gasteiger partial charge in [-0.3, -0.25) is 4.79 Å². The molecule has 0 bridgehead atoms. The normalized spacial score (nSPS) is 9.82. The molecule has 0 spiro atoms. The molecule has 1 aromatic rings. The van der Waals surface area contributed by atoms with E-state index in [2.05, 4.69) is 15.9 Å². The van der Waals surface area contributed by atoms with Crippen LogP contribution in [0, 0.1) is 0 Å². The molecule has 0 saturated carbocycles. The van der Waals surface area contributed by atoms with Crippen molar-refractivity contribution in [3.63, 3.8) is 0 Å². The predicted molar refractivity (Wildman–Crippen MR) is 64.8 cm³/mol. The van der Waals surface area contributed by atoms with E-state index in [4.69, 9.17) is 9.84 Å². The molecule has 0 fully saturated rings. The topological polar surface area (TPSA) is 66.8 Å². The number of methoxy groups -OCH3 is 1. The molecule has 0 aliphatic rings. The van der Waals surface area contributed by atoms with E-state index in [0.717, 1.165) is 14.9 Å². The summed E-state index contributed by atoms with van der Waals surface area (Å²) >= 11 is 3.32. The largest absolute Gasteiger partial charge is 0.496 e. The highest BCUT2D eigenvalue weighted by atomic mass is 79.9. The van der Waals surface area contributed by atoms with Gasteiger partial charge in [0.2, 0.25) is 0 Å². The third kappa shape index (κ3) is 3.45. The molecule has 5 nitrogen and oxygen atoms in total. The number of benzene rings is 1. The van der Waals surface area contributed by atoms with Crippen LogP contribution in [0.5, 0.6) is 5.75 Å². The van der Waals surface area contributed by atoms with Crippen LogP contribution in [0.1, 0.15) is 5.56 Å². The van der Waals surface area contributed by atoms with Crippen molar-refractivity contribution >= 4 is 27.8 Å². The minimum Gasteiger partial charge on any atom is -0.496 e. The van der Waals surface area contributed by atoms with Gasteiger partial charge in [-0.2, -0.15) is 0 Å². The van der Waals surface area contributed by atoms with Crippen LogP contribution < -0.4 is 4.74 Å². The molecule has 0 unspecified atom stereocenters. The Balaban J connectivity index is 2.79. The fourth-order valence-corrected chi connectivity index (χ4v) is 1.91. The average Bonchev–Trinajstić information content (AvgIpc) is 2.28. The number of amides is 1. The van der Waals surface area contributed by atoms with Crippen molar-refractivity contribution < 1.29 is 19.4 Å². The van der Waals surface area contributed by atoms with E-state index in [1.807, 2.05) is 0 Å². The lowest BCUT2D eigenvalue weighted by atomic mass is 10.2. The number of nitrogens with zero attached hydrogens (tertiary/aromatic N) is 1. The molecule has 0 aliphatic carbocycles. The Labute approximate surface area is 107 Å². The number of ether oxygens (including phenoxy) is 1. The Morgan fingerprint density at radius 3 is 2.59 bits per heavy atom. The fraction of sp³-hybridized carbons (Fsp3) is 0.273. The lowest BCUT2D eigenvalue weighted by molar-refractivity contribution is -0.155. The molecule has 1 N–H and O–H groups in total. The zero-order chi connectivity index (χ0) is 13.0. The Morgan fingerprint density at radius 1 is 1.47 bits per heavy atom. The average molecular weight is 302 g/mol. The highest BCUT2D eigenvalue weighted by molar-refractivity contribution is 9.10. The lowest BCUT2D eigenvalue weighted by Crippen LogP contribution is -2.32. The van der Waals surface area contributed by atoms with E-state index in [0.29, 0.717) is 5.75 Å². The molecular weight excluding hydrogens is 290 g/mol. The van der Waals surface area contributed by atoms with Gasteiger partial charge < -0.3 is 14.7 Å². The Hall–Kier alpha value is -1.56. The van der Waals surface area contributed by atoms with Crippen LogP contribution >= 0.6 is 15.9 Å². The Kier molecular flexibility index (Phi) is 4.51. The van der Waals surface area contributed by atoms with Crippen molar-refractivity contribution in [2.45, 2.75) is 6.54 Å². The molecule has 1 amide bonds. The van der Waals surface area contributed by atoms with E-state index in [1.165, 1.54) is 7.05 Å². The number of rotatable bonds is 3. The smallest absolute Gasteiger partial charge is 0.394 e. The summed E-state index contributed by atoms with van der Waals surface area (Å²) in [5.74, 6) is -1.71. The van der Waals surface area contributed by atoms with Crippen LogP contribution in [0.2, 0.25) is 0 Å². The molecule has 6 heteroatoms. The van der Waals surface area contributed by atoms with Gasteiger partial charge in [0.05, 0.1) is 11.6 Å². The molecule has 1 rings (SSSR count). The quantitative estimate of drug-likeness (QED) is 0.859. The summed E-state index contributed by atoms with van der Waals surface area (Å²) in [7, 11) is 2.99. The van der Waals surface area contributed by atoms with Crippen molar-refractivity contribution in [3.8, 4) is 5.75 Å². The molecular formula is C11H12BrNO4. The summed E-state index contributed by atoms with van der Waals surface area (Å²) < 4.78 is 5.83. The molecule has 0 aromatic heterocycles. The summed E-state index contributed by atoms with van der Waals surface area (Å²) in [5.41, 5.74) is 0.815. The first kappa shape index (κ1) is 13.5. The number of hydrogen-bond acceptors (Lipinski definition) is 3. The maximum absolute atomic E-state index is 11.1. The first-order valence-corrected chi connectivity index (χ1v) is 5.55. The first-order chi connectivity index (χ1) is 7.95. The maximum Gasteiger partial charge on any atom is 0.394 e. The third-order valence-electron chi connectivity index (χ3n) is 2.17. The van der Waals surface area contributed by atoms with Crippen LogP contribution in [0.15, 0.2) is 22.7 Å². The predicted octanol–water partition coefficient (Wildman–Crippen LogP) is 1.50. The number of aliphatic carboxylic acids is 1. The minimum absolute atomic E-state index is 0.230. The fourth-order valence-electron chi connectivity index (χ4n) is 1.32. The van der Waals surface area contributed by atoms with Gasteiger partial charge in [-0.15, -0.1) is 0 Å². The van der Waals surface area contributed by atoms with Crippen molar-refractivity contribution in [3.05, 3.63) is 28.2 Å². The zero-order valence-corrected chi connectivity index (χ0v) is 11.0. The second-order valence-electron chi connectivity index (χ2n) is 3.44. The van der Waals surface area contributed by atoms with Crippen molar-refractivity contribution in [1.82, 2.24) is 4.90 Å². The van der Waals surface area contributed by atoms with E-state index in [1.54, 1.807) is 25.3 Å². The van der Waals surface area contributed by atoms with E-state index < -0.39 is 11.9 Å². The van der Waals surface area contributed by atoms with Gasteiger partial charge in [0.15, 0.2) is 0 Å². The zero-order valence-electron chi connectivity index (χ0n) is 9.44. The van der Waals surface area contributed by atoms with Gasteiger partial charge in [0.25, 0.3) is 0 Å². The number of carboxylic acids is 1. The number of carbonyl (C=O) groups is 2. The molecule has 0 atom stereocenters. The Morgan fingerprint density at radius 2 is 2.12 bits per heavy atom. The SMILES string of the molecule is COc1ccc(CN(C)C(=O)C(=O)O)cc1Br. The van der Waals surface area contributed by atoms with Crippen LogP contribution in [0.25, 0.3) is 0 Å². The van der Waals surface area contributed by atoms with Gasteiger partial charge in [-0.25, -0.2) is 4.79 Å². The van der Waals surface area contributed by atoms with Gasteiger partial charge in [0, 0.05) is 13.6 Å². The molecule has 92 valence electrons. The van der Waals surface area contributed by atoms with Crippen molar-refractivity contribution in [2.75, 3.05) is 14.2 Å². The van der Waals surface area contributed by atoms with E-state index in [9.17, 15) is 9.59 Å². The monoisotopic (exact) mass is 301 g/mol. The summed E-state index contributed by atoms with van der Waals surface area (Å²) in [5, 5.41) is 8.55. The summed E-state index contributed by atoms with van der Waals surface area (Å²) in [4.78, 5) is 22.8. The van der Waals surface area contributed by atoms with Crippen molar-refractivity contribution in [1.29, 1.82) is 0 Å². The van der Waals surface area contributed by atoms with Gasteiger partial charge in [0.1, 0.15) is 5.75 Å². The summed E-state index contributed by atoms with van der Waals surface area (Å²) in [6.45, 7) is 0.230. The summed E-state index contributed by atoms with van der Waals surface area (Å²) in [6.07, 6.45) is 0. The minimum atomic E-state index is -1.46. The summed E-state index contributed by atoms with van der Waals surface area (Å²) in [6, 6.07) is 5.30. The van der Waals surface area contributed by atoms with Crippen LogP contribution in [0.3, 0.4) is 0 Å². The number of hydrogen-bond donors (Lipinski definition) is 1.